The highest BCUT2D eigenvalue weighted by molar-refractivity contribution is 7.91. The van der Waals surface area contributed by atoms with Gasteiger partial charge in [-0.15, -0.1) is 5.10 Å². The van der Waals surface area contributed by atoms with E-state index < -0.39 is 22.8 Å². The molecular weight excluding hydrogens is 602 g/mol. The van der Waals surface area contributed by atoms with E-state index in [9.17, 15) is 18.1 Å². The Labute approximate surface area is 250 Å². The number of nitrogens with zero attached hydrogens (tertiary/aromatic N) is 7. The van der Waals surface area contributed by atoms with Crippen LogP contribution >= 0.6 is 11.3 Å². The lowest BCUT2D eigenvalue weighted by atomic mass is 10.2. The number of furan rings is 1. The van der Waals surface area contributed by atoms with Crippen LogP contribution in [0.2, 0.25) is 0 Å². The molecule has 1 aromatic carbocycles. The van der Waals surface area contributed by atoms with Gasteiger partial charge in [0.25, 0.3) is 0 Å². The van der Waals surface area contributed by atoms with Gasteiger partial charge < -0.3 is 24.3 Å². The molecule has 0 atom stereocenters. The number of piperazine rings is 1. The SMILES string of the molecule is Nc1nc2c(sc(=O)n2CCN2CCN(c3cc(O[C@H]4CC[S@@+]([O-])CC4)c(F)cc3F)CC2)c2nc(-c3ccco3)nn12. The number of fused-ring (bicyclic) bond motifs is 3. The molecule has 2 saturated heterocycles. The molecule has 2 fully saturated rings. The Bertz CT molecular complexity index is 1830. The summed E-state index contributed by atoms with van der Waals surface area (Å²) in [5.74, 6) is 0.621. The van der Waals surface area contributed by atoms with Crippen LogP contribution in [0.4, 0.5) is 20.4 Å². The monoisotopic (exact) mass is 630 g/mol. The summed E-state index contributed by atoms with van der Waals surface area (Å²) in [5, 5.41) is 4.38. The zero-order chi connectivity index (χ0) is 29.7. The van der Waals surface area contributed by atoms with E-state index in [4.69, 9.17) is 14.9 Å². The second-order valence-electron chi connectivity index (χ2n) is 10.5. The number of halogens is 2. The van der Waals surface area contributed by atoms with Crippen LogP contribution in [-0.2, 0) is 17.7 Å². The normalized spacial score (nSPS) is 19.9. The highest BCUT2D eigenvalue weighted by atomic mass is 32.2. The Morgan fingerprint density at radius 3 is 2.63 bits per heavy atom. The zero-order valence-electron chi connectivity index (χ0n) is 22.9. The Morgan fingerprint density at radius 2 is 1.88 bits per heavy atom. The third-order valence-corrected chi connectivity index (χ3v) is 10.2. The highest BCUT2D eigenvalue weighted by Gasteiger charge is 2.27. The van der Waals surface area contributed by atoms with E-state index in [1.807, 2.05) is 4.90 Å². The van der Waals surface area contributed by atoms with Crippen LogP contribution in [0, 0.1) is 11.6 Å². The molecule has 16 heteroatoms. The van der Waals surface area contributed by atoms with Crippen molar-refractivity contribution in [2.75, 3.05) is 54.9 Å². The first kappa shape index (κ1) is 28.1. The molecule has 0 aliphatic carbocycles. The molecule has 0 radical (unpaired) electrons. The average molecular weight is 631 g/mol. The van der Waals surface area contributed by atoms with Crippen LogP contribution < -0.4 is 20.2 Å². The Morgan fingerprint density at radius 1 is 1.09 bits per heavy atom. The van der Waals surface area contributed by atoms with Gasteiger partial charge in [-0.2, -0.15) is 9.50 Å². The van der Waals surface area contributed by atoms with Crippen LogP contribution in [0.15, 0.2) is 39.7 Å². The number of anilines is 2. The number of nitrogen functional groups attached to an aromatic ring is 1. The predicted molar refractivity (Wildman–Crippen MR) is 159 cm³/mol. The van der Waals surface area contributed by atoms with Gasteiger partial charge in [0.2, 0.25) is 11.8 Å². The predicted octanol–water partition coefficient (Wildman–Crippen LogP) is 2.73. The van der Waals surface area contributed by atoms with E-state index in [-0.39, 0.29) is 22.7 Å². The summed E-state index contributed by atoms with van der Waals surface area (Å²) in [6, 6.07) is 5.78. The number of ether oxygens (including phenoxy) is 1. The topological polar surface area (TPSA) is 143 Å². The van der Waals surface area contributed by atoms with Gasteiger partial charge >= 0.3 is 4.87 Å². The van der Waals surface area contributed by atoms with E-state index in [0.29, 0.717) is 96.9 Å². The van der Waals surface area contributed by atoms with Crippen molar-refractivity contribution in [3.63, 3.8) is 0 Å². The largest absolute Gasteiger partial charge is 0.616 e. The lowest BCUT2D eigenvalue weighted by Gasteiger charge is -2.36. The van der Waals surface area contributed by atoms with Crippen molar-refractivity contribution in [1.29, 1.82) is 0 Å². The highest BCUT2D eigenvalue weighted by Crippen LogP contribution is 2.31. The van der Waals surface area contributed by atoms with E-state index in [1.54, 1.807) is 16.7 Å². The average Bonchev–Trinajstić information content (AvgIpc) is 3.75. The number of hydrogen-bond donors (Lipinski definition) is 1. The Hall–Kier alpha value is -3.73. The van der Waals surface area contributed by atoms with Gasteiger partial charge in [0.05, 0.1) is 12.0 Å². The number of hydrogen-bond acceptors (Lipinski definition) is 11. The molecular formula is C27H28F2N8O4S2. The first-order chi connectivity index (χ1) is 20.8. The van der Waals surface area contributed by atoms with E-state index >= 15 is 0 Å². The lowest BCUT2D eigenvalue weighted by Crippen LogP contribution is -2.47. The second kappa shape index (κ2) is 11.4. The van der Waals surface area contributed by atoms with Gasteiger partial charge in [-0.3, -0.25) is 14.3 Å². The summed E-state index contributed by atoms with van der Waals surface area (Å²) in [7, 11) is 0. The number of thiazole rings is 1. The number of aromatic nitrogens is 5. The lowest BCUT2D eigenvalue weighted by molar-refractivity contribution is 0.181. The van der Waals surface area contributed by atoms with E-state index in [0.717, 1.165) is 17.4 Å². The Balaban J connectivity index is 1.03. The molecule has 0 amide bonds. The smallest absolute Gasteiger partial charge is 0.309 e. The molecule has 0 spiro atoms. The second-order valence-corrected chi connectivity index (χ2v) is 13.2. The number of rotatable bonds is 7. The maximum atomic E-state index is 14.8. The molecule has 0 unspecified atom stereocenters. The molecule has 226 valence electrons. The quantitative estimate of drug-likeness (QED) is 0.267. The molecule has 0 bridgehead atoms. The fraction of sp³-hybridized carbons (Fsp3) is 0.407. The summed E-state index contributed by atoms with van der Waals surface area (Å²) in [6.45, 7) is 3.23. The minimum atomic E-state index is -0.855. The Kier molecular flexibility index (Phi) is 7.44. The van der Waals surface area contributed by atoms with Gasteiger partial charge in [-0.05, 0) is 12.1 Å². The molecule has 2 N–H and O–H groups in total. The molecule has 7 rings (SSSR count). The number of benzene rings is 1. The van der Waals surface area contributed by atoms with Crippen LogP contribution in [0.3, 0.4) is 0 Å². The van der Waals surface area contributed by atoms with E-state index in [1.165, 1.54) is 16.8 Å². The maximum absolute atomic E-state index is 14.8. The van der Waals surface area contributed by atoms with Crippen molar-refractivity contribution in [3.05, 3.63) is 51.8 Å². The zero-order valence-corrected chi connectivity index (χ0v) is 24.6. The summed E-state index contributed by atoms with van der Waals surface area (Å²) >= 11 is 0.183. The van der Waals surface area contributed by atoms with Crippen LogP contribution in [0.5, 0.6) is 5.75 Å². The summed E-state index contributed by atoms with van der Waals surface area (Å²) in [4.78, 5) is 25.9. The molecule has 43 heavy (non-hydrogen) atoms. The first-order valence-corrected chi connectivity index (χ1v) is 16.2. The molecule has 2 aliphatic rings. The van der Waals surface area contributed by atoms with Crippen LogP contribution in [-0.4, -0.2) is 83.9 Å². The van der Waals surface area contributed by atoms with Crippen molar-refractivity contribution in [2.45, 2.75) is 25.5 Å². The third kappa shape index (κ3) is 5.43. The van der Waals surface area contributed by atoms with Crippen molar-refractivity contribution >= 4 is 50.1 Å². The van der Waals surface area contributed by atoms with Crippen molar-refractivity contribution in [3.8, 4) is 17.3 Å². The van der Waals surface area contributed by atoms with Crippen LogP contribution in [0.25, 0.3) is 27.6 Å². The van der Waals surface area contributed by atoms with Gasteiger partial charge in [-0.25, -0.2) is 13.8 Å². The molecule has 2 aliphatic heterocycles. The van der Waals surface area contributed by atoms with Crippen molar-refractivity contribution in [2.24, 2.45) is 0 Å². The summed E-state index contributed by atoms with van der Waals surface area (Å²) in [5.41, 5.74) is 7.36. The molecule has 0 saturated carbocycles. The fourth-order valence-electron chi connectivity index (χ4n) is 5.51. The molecule has 12 nitrogen and oxygen atoms in total. The third-order valence-electron chi connectivity index (χ3n) is 7.84. The van der Waals surface area contributed by atoms with Crippen molar-refractivity contribution in [1.82, 2.24) is 29.0 Å². The number of nitrogens with two attached hydrogens (primary N) is 1. The molecule has 5 aromatic rings. The van der Waals surface area contributed by atoms with Crippen molar-refractivity contribution < 1.29 is 22.5 Å². The molecule has 6 heterocycles. The maximum Gasteiger partial charge on any atom is 0.309 e. The summed E-state index contributed by atoms with van der Waals surface area (Å²) in [6.07, 6.45) is 2.46. The van der Waals surface area contributed by atoms with Gasteiger partial charge in [-0.1, -0.05) is 22.5 Å². The fourth-order valence-corrected chi connectivity index (χ4v) is 7.70. The summed E-state index contributed by atoms with van der Waals surface area (Å²) < 4.78 is 55.8. The van der Waals surface area contributed by atoms with Crippen LogP contribution in [0.1, 0.15) is 12.8 Å². The van der Waals surface area contributed by atoms with E-state index in [2.05, 4.69) is 20.0 Å². The van der Waals surface area contributed by atoms with Gasteiger partial charge in [0, 0.05) is 64.2 Å². The first-order valence-electron chi connectivity index (χ1n) is 13.9. The minimum absolute atomic E-state index is 0.0186. The minimum Gasteiger partial charge on any atom is -0.616 e. The van der Waals surface area contributed by atoms with Gasteiger partial charge in [0.1, 0.15) is 28.1 Å². The standard InChI is InChI=1S/C27H28F2N8O4S2/c28-17-14-18(29)21(41-16-3-12-43(39)13-4-16)15-19(17)35-8-5-34(6-9-35)7-10-36-24-22(42-27(36)38)25-31-23(20-2-1-11-40-20)33-37(25)26(30)32-24/h1-2,11,14-16H,3-10,12-13H2,(H2,30,32)/t16-,43+. The van der Waals surface area contributed by atoms with Gasteiger partial charge in [0.15, 0.2) is 28.6 Å². The molecule has 4 aromatic heterocycles.